The van der Waals surface area contributed by atoms with Crippen LogP contribution in [0.4, 0.5) is 0 Å². The van der Waals surface area contributed by atoms with Gasteiger partial charge in [-0.05, 0) is 19.3 Å². The van der Waals surface area contributed by atoms with Crippen LogP contribution in [-0.4, -0.2) is 37.2 Å². The molecule has 0 aromatic heterocycles. The van der Waals surface area contributed by atoms with Crippen LogP contribution in [0.1, 0.15) is 213 Å². The zero-order valence-electron chi connectivity index (χ0n) is 30.2. The highest BCUT2D eigenvalue weighted by Gasteiger charge is 2.19. The summed E-state index contributed by atoms with van der Waals surface area (Å²) in [6.07, 6.45) is 32.5. The summed E-state index contributed by atoms with van der Waals surface area (Å²) < 4.78 is 16.5. The summed E-state index contributed by atoms with van der Waals surface area (Å²) >= 11 is 0. The van der Waals surface area contributed by atoms with Crippen LogP contribution in [0.2, 0.25) is 0 Å². The molecule has 0 fully saturated rings. The molecule has 0 heterocycles. The first-order valence-electron chi connectivity index (χ1n) is 19.5. The average molecular weight is 639 g/mol. The number of hydrogen-bond acceptors (Lipinski definition) is 6. The Bertz CT molecular complexity index is 664. The van der Waals surface area contributed by atoms with Gasteiger partial charge in [0.2, 0.25) is 0 Å². The van der Waals surface area contributed by atoms with E-state index in [1.165, 1.54) is 109 Å². The Labute approximate surface area is 278 Å². The molecular weight excluding hydrogens is 564 g/mol. The summed E-state index contributed by atoms with van der Waals surface area (Å²) in [5.41, 5.74) is 0. The first-order chi connectivity index (χ1) is 22.0. The molecule has 0 bridgehead atoms. The van der Waals surface area contributed by atoms with E-state index in [1.807, 2.05) is 0 Å². The molecule has 0 rings (SSSR count). The third-order valence-corrected chi connectivity index (χ3v) is 8.61. The maximum absolute atomic E-state index is 12.5. The molecule has 0 saturated carbocycles. The highest BCUT2D eigenvalue weighted by molar-refractivity contribution is 5.71. The van der Waals surface area contributed by atoms with Crippen molar-refractivity contribution >= 4 is 17.9 Å². The van der Waals surface area contributed by atoms with E-state index in [0.717, 1.165) is 64.2 Å². The van der Waals surface area contributed by atoms with E-state index in [2.05, 4.69) is 20.8 Å². The lowest BCUT2D eigenvalue weighted by Crippen LogP contribution is -2.30. The zero-order valence-corrected chi connectivity index (χ0v) is 30.2. The van der Waals surface area contributed by atoms with Gasteiger partial charge in [0.05, 0.1) is 0 Å². The number of carbonyl (C=O) groups is 3. The molecule has 0 aliphatic carbocycles. The van der Waals surface area contributed by atoms with Crippen LogP contribution in [0.25, 0.3) is 0 Å². The van der Waals surface area contributed by atoms with Gasteiger partial charge in [-0.15, -0.1) is 0 Å². The second-order valence-electron chi connectivity index (χ2n) is 13.2. The summed E-state index contributed by atoms with van der Waals surface area (Å²) in [6, 6.07) is 0. The lowest BCUT2D eigenvalue weighted by Gasteiger charge is -2.18. The summed E-state index contributed by atoms with van der Waals surface area (Å²) in [5.74, 6) is -0.879. The molecular formula is C39H74O6. The smallest absolute Gasteiger partial charge is 0.306 e. The summed E-state index contributed by atoms with van der Waals surface area (Å²) in [7, 11) is 0. The molecule has 0 radical (unpaired) electrons. The van der Waals surface area contributed by atoms with Crippen LogP contribution in [0.3, 0.4) is 0 Å². The predicted octanol–water partition coefficient (Wildman–Crippen LogP) is 11.7. The van der Waals surface area contributed by atoms with E-state index < -0.39 is 6.10 Å². The Hall–Kier alpha value is -1.59. The molecule has 0 aliphatic heterocycles. The number of rotatable bonds is 35. The lowest BCUT2D eigenvalue weighted by molar-refractivity contribution is -0.167. The fourth-order valence-corrected chi connectivity index (χ4v) is 5.62. The monoisotopic (exact) mass is 639 g/mol. The minimum Gasteiger partial charge on any atom is -0.462 e. The maximum atomic E-state index is 12.5. The van der Waals surface area contributed by atoms with Crippen LogP contribution in [-0.2, 0) is 28.6 Å². The van der Waals surface area contributed by atoms with Crippen molar-refractivity contribution in [3.05, 3.63) is 0 Å². The first kappa shape index (κ1) is 43.4. The number of hydrogen-bond donors (Lipinski definition) is 0. The molecule has 45 heavy (non-hydrogen) atoms. The molecule has 0 saturated heterocycles. The Kier molecular flexibility index (Phi) is 34.0. The molecule has 1 atom stereocenters. The van der Waals surface area contributed by atoms with Gasteiger partial charge >= 0.3 is 17.9 Å². The molecule has 1 unspecified atom stereocenters. The van der Waals surface area contributed by atoms with E-state index >= 15 is 0 Å². The fraction of sp³-hybridized carbons (Fsp3) is 0.923. The van der Waals surface area contributed by atoms with E-state index in [-0.39, 0.29) is 31.1 Å². The van der Waals surface area contributed by atoms with Gasteiger partial charge in [-0.25, -0.2) is 0 Å². The van der Waals surface area contributed by atoms with Crippen molar-refractivity contribution in [1.82, 2.24) is 0 Å². The molecule has 0 spiro atoms. The SMILES string of the molecule is CCCCCCCCCCCCCCCC(=O)OCC(COC(=O)CCCCCCC)OC(=O)CCCCCCCCCCC. The quantitative estimate of drug-likeness (QED) is 0.0390. The predicted molar refractivity (Wildman–Crippen MR) is 187 cm³/mol. The van der Waals surface area contributed by atoms with E-state index in [0.29, 0.717) is 19.3 Å². The maximum Gasteiger partial charge on any atom is 0.306 e. The normalized spacial score (nSPS) is 11.8. The van der Waals surface area contributed by atoms with Crippen molar-refractivity contribution in [1.29, 1.82) is 0 Å². The van der Waals surface area contributed by atoms with E-state index in [9.17, 15) is 14.4 Å². The van der Waals surface area contributed by atoms with Crippen molar-refractivity contribution in [2.45, 2.75) is 219 Å². The molecule has 0 aliphatic rings. The summed E-state index contributed by atoms with van der Waals surface area (Å²) in [5, 5.41) is 0. The number of carbonyl (C=O) groups excluding carboxylic acids is 3. The van der Waals surface area contributed by atoms with Gasteiger partial charge in [-0.3, -0.25) is 14.4 Å². The summed E-state index contributed by atoms with van der Waals surface area (Å²) in [4.78, 5) is 37.2. The van der Waals surface area contributed by atoms with Gasteiger partial charge in [0.25, 0.3) is 0 Å². The molecule has 6 nitrogen and oxygen atoms in total. The molecule has 0 N–H and O–H groups in total. The van der Waals surface area contributed by atoms with Crippen molar-refractivity contribution < 1.29 is 28.6 Å². The molecule has 0 aromatic carbocycles. The zero-order chi connectivity index (χ0) is 33.1. The van der Waals surface area contributed by atoms with E-state index in [4.69, 9.17) is 14.2 Å². The number of ether oxygens (including phenoxy) is 3. The van der Waals surface area contributed by atoms with Gasteiger partial charge in [0.1, 0.15) is 13.2 Å². The topological polar surface area (TPSA) is 78.9 Å². The van der Waals surface area contributed by atoms with Gasteiger partial charge in [-0.1, -0.05) is 175 Å². The minimum atomic E-state index is -0.754. The number of unbranched alkanes of at least 4 members (excludes halogenated alkanes) is 24. The Balaban J connectivity index is 4.23. The second-order valence-corrected chi connectivity index (χ2v) is 13.2. The van der Waals surface area contributed by atoms with Gasteiger partial charge in [-0.2, -0.15) is 0 Å². The van der Waals surface area contributed by atoms with Crippen LogP contribution in [0.5, 0.6) is 0 Å². The van der Waals surface area contributed by atoms with Crippen molar-refractivity contribution in [2.24, 2.45) is 0 Å². The molecule has 0 aromatic rings. The largest absolute Gasteiger partial charge is 0.462 e. The first-order valence-corrected chi connectivity index (χ1v) is 19.5. The Morgan fingerprint density at radius 2 is 0.600 bits per heavy atom. The lowest BCUT2D eigenvalue weighted by atomic mass is 10.0. The molecule has 266 valence electrons. The van der Waals surface area contributed by atoms with Crippen LogP contribution < -0.4 is 0 Å². The van der Waals surface area contributed by atoms with Gasteiger partial charge < -0.3 is 14.2 Å². The van der Waals surface area contributed by atoms with Crippen LogP contribution >= 0.6 is 0 Å². The average Bonchev–Trinajstić information content (AvgIpc) is 3.03. The molecule has 6 heteroatoms. The third kappa shape index (κ3) is 33.6. The van der Waals surface area contributed by atoms with Gasteiger partial charge in [0.15, 0.2) is 6.10 Å². The van der Waals surface area contributed by atoms with Gasteiger partial charge in [0, 0.05) is 19.3 Å². The highest BCUT2D eigenvalue weighted by Crippen LogP contribution is 2.14. The van der Waals surface area contributed by atoms with Crippen LogP contribution in [0.15, 0.2) is 0 Å². The van der Waals surface area contributed by atoms with Crippen molar-refractivity contribution in [3.8, 4) is 0 Å². The highest BCUT2D eigenvalue weighted by atomic mass is 16.6. The fourth-order valence-electron chi connectivity index (χ4n) is 5.62. The number of esters is 3. The Morgan fingerprint density at radius 3 is 0.889 bits per heavy atom. The van der Waals surface area contributed by atoms with Crippen LogP contribution in [0, 0.1) is 0 Å². The Morgan fingerprint density at radius 1 is 0.356 bits per heavy atom. The standard InChI is InChI=1S/C39H74O6/c1-4-7-10-13-15-17-18-19-20-22-23-26-29-32-38(41)44-35-36(34-43-37(40)31-28-25-12-9-6-3)45-39(42)33-30-27-24-21-16-14-11-8-5-2/h36H,4-35H2,1-3H3. The van der Waals surface area contributed by atoms with Crippen molar-refractivity contribution in [3.63, 3.8) is 0 Å². The summed E-state index contributed by atoms with van der Waals surface area (Å²) in [6.45, 7) is 6.52. The van der Waals surface area contributed by atoms with E-state index in [1.54, 1.807) is 0 Å². The third-order valence-electron chi connectivity index (χ3n) is 8.61. The van der Waals surface area contributed by atoms with Crippen molar-refractivity contribution in [2.75, 3.05) is 13.2 Å². The minimum absolute atomic E-state index is 0.0649. The molecule has 0 amide bonds. The second kappa shape index (κ2) is 35.3.